The molecule has 96 valence electrons. The Morgan fingerprint density at radius 2 is 1.58 bits per heavy atom. The first-order valence-electron chi connectivity index (χ1n) is 5.94. The molecule has 0 aliphatic rings. The molecule has 0 bridgehead atoms. The molecule has 0 saturated carbocycles. The quantitative estimate of drug-likeness (QED) is 0.409. The summed E-state index contributed by atoms with van der Waals surface area (Å²) in [7, 11) is 0. The van der Waals surface area contributed by atoms with Crippen molar-refractivity contribution in [1.82, 2.24) is 0 Å². The third-order valence-electron chi connectivity index (χ3n) is 2.98. The standard InChI is InChI=1S/C16H13.CH3Cl.Zr/c1-12-10-14-8-5-9-15(16(14)11-12)13-6-3-2-4-7-13;1-2;/h2-11H,1H3;1H3;/q-1;;. The third kappa shape index (κ3) is 3.62. The molecule has 19 heavy (non-hydrogen) atoms. The van der Waals surface area contributed by atoms with E-state index in [2.05, 4.69) is 79.2 Å². The summed E-state index contributed by atoms with van der Waals surface area (Å²) < 4.78 is 0. The van der Waals surface area contributed by atoms with Crippen molar-refractivity contribution in [2.75, 3.05) is 6.38 Å². The van der Waals surface area contributed by atoms with Crippen LogP contribution in [0.5, 0.6) is 0 Å². The molecular weight excluding hydrogens is 331 g/mol. The van der Waals surface area contributed by atoms with Crippen LogP contribution in [0.1, 0.15) is 5.56 Å². The molecule has 0 heterocycles. The smallest absolute Gasteiger partial charge is 0.0108 e. The molecule has 0 N–H and O–H groups in total. The van der Waals surface area contributed by atoms with Crippen LogP contribution < -0.4 is 0 Å². The summed E-state index contributed by atoms with van der Waals surface area (Å²) in [5.41, 5.74) is 3.95. The molecule has 0 spiro atoms. The monoisotopic (exact) mass is 345 g/mol. The van der Waals surface area contributed by atoms with Gasteiger partial charge in [0.1, 0.15) is 0 Å². The largest absolute Gasteiger partial charge is 0.165 e. The van der Waals surface area contributed by atoms with E-state index in [4.69, 9.17) is 0 Å². The molecule has 0 unspecified atom stereocenters. The average molecular weight is 347 g/mol. The van der Waals surface area contributed by atoms with Crippen molar-refractivity contribution in [3.63, 3.8) is 0 Å². The maximum absolute atomic E-state index is 4.64. The molecule has 0 saturated heterocycles. The zero-order valence-electron chi connectivity index (χ0n) is 11.2. The summed E-state index contributed by atoms with van der Waals surface area (Å²) in [4.78, 5) is 0. The number of aryl methyl sites for hydroxylation is 1. The second-order valence-corrected chi connectivity index (χ2v) is 4.21. The second kappa shape index (κ2) is 7.73. The Labute approximate surface area is 138 Å². The molecule has 0 aliphatic carbocycles. The number of alkyl halides is 1. The average Bonchev–Trinajstić information content (AvgIpc) is 2.82. The number of fused-ring (bicyclic) bond motifs is 1. The molecule has 0 nitrogen and oxygen atoms in total. The van der Waals surface area contributed by atoms with Crippen LogP contribution in [0.3, 0.4) is 0 Å². The Balaban J connectivity index is 0.000000576. The van der Waals surface area contributed by atoms with Crippen LogP contribution in [-0.4, -0.2) is 6.38 Å². The summed E-state index contributed by atoms with van der Waals surface area (Å²) in [5.74, 6) is 0. The van der Waals surface area contributed by atoms with E-state index in [9.17, 15) is 0 Å². The van der Waals surface area contributed by atoms with Crippen molar-refractivity contribution >= 4 is 22.4 Å². The van der Waals surface area contributed by atoms with E-state index in [0.717, 1.165) is 0 Å². The van der Waals surface area contributed by atoms with Crippen LogP contribution in [0.15, 0.2) is 60.7 Å². The Bertz CT molecular complexity index is 626. The fourth-order valence-corrected chi connectivity index (χ4v) is 2.25. The van der Waals surface area contributed by atoms with Gasteiger partial charge in [0, 0.05) is 32.6 Å². The van der Waals surface area contributed by atoms with Crippen LogP contribution in [-0.2, 0) is 26.2 Å². The van der Waals surface area contributed by atoms with E-state index in [0.29, 0.717) is 0 Å². The SMILES string of the molecule is CCl.Cc1cc2c(-c3ccccc3)cccc2[cH-]1.[Zr]. The Morgan fingerprint density at radius 1 is 0.895 bits per heavy atom. The molecule has 2 heteroatoms. The topological polar surface area (TPSA) is 0 Å². The predicted octanol–water partition coefficient (Wildman–Crippen LogP) is 5.39. The van der Waals surface area contributed by atoms with E-state index in [1.54, 1.807) is 0 Å². The Morgan fingerprint density at radius 3 is 2.26 bits per heavy atom. The van der Waals surface area contributed by atoms with Gasteiger partial charge in [0.2, 0.25) is 0 Å². The van der Waals surface area contributed by atoms with Crippen molar-refractivity contribution in [3.05, 3.63) is 66.2 Å². The fraction of sp³-hybridized carbons (Fsp3) is 0.118. The zero-order chi connectivity index (χ0) is 13.0. The minimum atomic E-state index is 0. The molecule has 0 aromatic heterocycles. The second-order valence-electron chi connectivity index (χ2n) is 4.21. The molecule has 0 aliphatic heterocycles. The third-order valence-corrected chi connectivity index (χ3v) is 2.98. The number of benzene rings is 2. The van der Waals surface area contributed by atoms with E-state index in [-0.39, 0.29) is 26.2 Å². The minimum Gasteiger partial charge on any atom is -0.165 e. The summed E-state index contributed by atoms with van der Waals surface area (Å²) in [6.45, 7) is 2.15. The van der Waals surface area contributed by atoms with Crippen LogP contribution in [0.25, 0.3) is 21.9 Å². The van der Waals surface area contributed by atoms with E-state index < -0.39 is 0 Å². The van der Waals surface area contributed by atoms with Crippen LogP contribution in [0, 0.1) is 6.92 Å². The Hall–Kier alpha value is -0.777. The van der Waals surface area contributed by atoms with Gasteiger partial charge in [-0.2, -0.15) is 6.07 Å². The molecule has 3 rings (SSSR count). The zero-order valence-corrected chi connectivity index (χ0v) is 14.4. The molecular formula is C17H16ClZr-. The van der Waals surface area contributed by atoms with Crippen LogP contribution >= 0.6 is 11.6 Å². The van der Waals surface area contributed by atoms with E-state index in [1.165, 1.54) is 33.8 Å². The fourth-order valence-electron chi connectivity index (χ4n) is 2.25. The van der Waals surface area contributed by atoms with Gasteiger partial charge < -0.3 is 0 Å². The van der Waals surface area contributed by atoms with Gasteiger partial charge in [0.15, 0.2) is 0 Å². The first kappa shape index (κ1) is 16.3. The minimum absolute atomic E-state index is 0. The summed E-state index contributed by atoms with van der Waals surface area (Å²) >= 11 is 4.64. The van der Waals surface area contributed by atoms with E-state index >= 15 is 0 Å². The molecule has 0 radical (unpaired) electrons. The van der Waals surface area contributed by atoms with Crippen LogP contribution in [0.4, 0.5) is 0 Å². The van der Waals surface area contributed by atoms with E-state index in [1.807, 2.05) is 0 Å². The maximum Gasteiger partial charge on any atom is 0.0108 e. The predicted molar refractivity (Wildman–Crippen MR) is 81.5 cm³/mol. The maximum atomic E-state index is 4.64. The summed E-state index contributed by atoms with van der Waals surface area (Å²) in [5, 5.41) is 2.69. The van der Waals surface area contributed by atoms with Crippen molar-refractivity contribution in [1.29, 1.82) is 0 Å². The first-order chi connectivity index (χ1) is 8.84. The molecule has 0 atom stereocenters. The number of hydrogen-bond donors (Lipinski definition) is 0. The number of halogens is 1. The van der Waals surface area contributed by atoms with Gasteiger partial charge in [-0.1, -0.05) is 48.9 Å². The van der Waals surface area contributed by atoms with Gasteiger partial charge in [-0.15, -0.1) is 46.1 Å². The van der Waals surface area contributed by atoms with Gasteiger partial charge in [-0.05, 0) is 5.56 Å². The number of rotatable bonds is 1. The molecule has 3 aromatic rings. The van der Waals surface area contributed by atoms with Crippen molar-refractivity contribution in [2.24, 2.45) is 0 Å². The Kier molecular flexibility index (Phi) is 6.62. The molecule has 3 aromatic carbocycles. The van der Waals surface area contributed by atoms with Crippen molar-refractivity contribution < 1.29 is 26.2 Å². The molecule has 0 fully saturated rings. The van der Waals surface area contributed by atoms with Gasteiger partial charge in [-0.25, -0.2) is 0 Å². The van der Waals surface area contributed by atoms with Crippen LogP contribution in [0.2, 0.25) is 0 Å². The summed E-state index contributed by atoms with van der Waals surface area (Å²) in [6.07, 6.45) is 1.47. The van der Waals surface area contributed by atoms with Crippen molar-refractivity contribution in [3.8, 4) is 11.1 Å². The normalized spacial score (nSPS) is 9.42. The summed E-state index contributed by atoms with van der Waals surface area (Å²) in [6, 6.07) is 21.6. The first-order valence-corrected chi connectivity index (χ1v) is 6.69. The number of hydrogen-bond acceptors (Lipinski definition) is 0. The van der Waals surface area contributed by atoms with Crippen molar-refractivity contribution in [2.45, 2.75) is 6.92 Å². The van der Waals surface area contributed by atoms with Gasteiger partial charge in [0.25, 0.3) is 0 Å². The molecule has 0 amide bonds. The van der Waals surface area contributed by atoms with Gasteiger partial charge in [0.05, 0.1) is 0 Å². The van der Waals surface area contributed by atoms with Gasteiger partial charge in [-0.3, -0.25) is 0 Å². The van der Waals surface area contributed by atoms with Gasteiger partial charge >= 0.3 is 0 Å².